The largest absolute Gasteiger partial charge is 0.353 e. The average Bonchev–Trinajstić information content (AvgIpc) is 2.59. The lowest BCUT2D eigenvalue weighted by Crippen LogP contribution is -2.27. The van der Waals surface area contributed by atoms with Gasteiger partial charge in [0, 0.05) is 19.6 Å². The molecule has 2 unspecified atom stereocenters. The Morgan fingerprint density at radius 1 is 0.833 bits per heavy atom. The van der Waals surface area contributed by atoms with Crippen molar-refractivity contribution in [3.63, 3.8) is 0 Å². The predicted molar refractivity (Wildman–Crippen MR) is 43.7 cm³/mol. The van der Waals surface area contributed by atoms with E-state index < -0.39 is 0 Å². The molecule has 0 aromatic carbocycles. The third-order valence-corrected chi connectivity index (χ3v) is 2.33. The van der Waals surface area contributed by atoms with E-state index in [1.807, 2.05) is 0 Å². The van der Waals surface area contributed by atoms with Gasteiger partial charge in [-0.25, -0.2) is 0 Å². The molecule has 2 fully saturated rings. The number of hydrogen-bond acceptors (Lipinski definition) is 3. The van der Waals surface area contributed by atoms with Gasteiger partial charge in [-0.15, -0.1) is 0 Å². The zero-order valence-electron chi connectivity index (χ0n) is 7.33. The highest BCUT2D eigenvalue weighted by molar-refractivity contribution is 4.59. The van der Waals surface area contributed by atoms with Gasteiger partial charge in [0.15, 0.2) is 12.6 Å². The first-order valence-electron chi connectivity index (χ1n) is 4.84. The first kappa shape index (κ1) is 8.48. The molecule has 0 radical (unpaired) electrons. The van der Waals surface area contributed by atoms with Crippen LogP contribution in [0.2, 0.25) is 0 Å². The van der Waals surface area contributed by atoms with Crippen LogP contribution >= 0.6 is 0 Å². The molecule has 0 bridgehead atoms. The summed E-state index contributed by atoms with van der Waals surface area (Å²) in [6.45, 7) is 1.69. The second kappa shape index (κ2) is 4.21. The molecular weight excluding hydrogens is 156 g/mol. The molecule has 0 spiro atoms. The van der Waals surface area contributed by atoms with Crippen molar-refractivity contribution in [2.75, 3.05) is 13.2 Å². The maximum absolute atomic E-state index is 5.61. The van der Waals surface area contributed by atoms with E-state index in [2.05, 4.69) is 0 Å². The Balaban J connectivity index is 1.69. The molecule has 2 aliphatic rings. The Bertz CT molecular complexity index is 126. The molecule has 12 heavy (non-hydrogen) atoms. The van der Waals surface area contributed by atoms with Gasteiger partial charge in [-0.05, 0) is 25.7 Å². The van der Waals surface area contributed by atoms with Crippen LogP contribution in [0, 0.1) is 0 Å². The summed E-state index contributed by atoms with van der Waals surface area (Å²) in [6.07, 6.45) is 5.58. The summed E-state index contributed by atoms with van der Waals surface area (Å²) < 4.78 is 16.4. The van der Waals surface area contributed by atoms with Crippen LogP contribution in [-0.4, -0.2) is 25.8 Å². The maximum Gasteiger partial charge on any atom is 0.160 e. The smallest absolute Gasteiger partial charge is 0.160 e. The summed E-state index contributed by atoms with van der Waals surface area (Å²) in [5.41, 5.74) is 0. The summed E-state index contributed by atoms with van der Waals surface area (Å²) >= 11 is 0. The van der Waals surface area contributed by atoms with Crippen LogP contribution in [0.3, 0.4) is 0 Å². The topological polar surface area (TPSA) is 27.7 Å². The van der Waals surface area contributed by atoms with E-state index in [4.69, 9.17) is 14.2 Å². The molecule has 3 nitrogen and oxygen atoms in total. The maximum atomic E-state index is 5.61. The summed E-state index contributed by atoms with van der Waals surface area (Å²) in [4.78, 5) is 0. The highest BCUT2D eigenvalue weighted by Crippen LogP contribution is 2.20. The van der Waals surface area contributed by atoms with Crippen LogP contribution in [0.15, 0.2) is 0 Å². The summed E-state index contributed by atoms with van der Waals surface area (Å²) in [5, 5.41) is 0. The highest BCUT2D eigenvalue weighted by Gasteiger charge is 2.22. The third-order valence-electron chi connectivity index (χ3n) is 2.33. The summed E-state index contributed by atoms with van der Waals surface area (Å²) in [7, 11) is 0. The molecule has 0 aliphatic carbocycles. The molecule has 2 saturated heterocycles. The fraction of sp³-hybridized carbons (Fsp3) is 1.00. The van der Waals surface area contributed by atoms with Gasteiger partial charge in [0.25, 0.3) is 0 Å². The van der Waals surface area contributed by atoms with E-state index >= 15 is 0 Å². The zero-order valence-corrected chi connectivity index (χ0v) is 7.33. The van der Waals surface area contributed by atoms with Gasteiger partial charge >= 0.3 is 0 Å². The van der Waals surface area contributed by atoms with Gasteiger partial charge < -0.3 is 14.2 Å². The van der Waals surface area contributed by atoms with Crippen LogP contribution in [0.5, 0.6) is 0 Å². The first-order chi connectivity index (χ1) is 5.95. The number of hydrogen-bond donors (Lipinski definition) is 0. The lowest BCUT2D eigenvalue weighted by Gasteiger charge is -2.25. The Morgan fingerprint density at radius 2 is 1.50 bits per heavy atom. The monoisotopic (exact) mass is 172 g/mol. The van der Waals surface area contributed by atoms with Gasteiger partial charge in [0.2, 0.25) is 0 Å². The molecule has 70 valence electrons. The number of rotatable bonds is 2. The summed E-state index contributed by atoms with van der Waals surface area (Å²) in [5.74, 6) is 0. The van der Waals surface area contributed by atoms with E-state index in [0.717, 1.165) is 32.5 Å². The quantitative estimate of drug-likeness (QED) is 0.634. The molecule has 0 aromatic heterocycles. The van der Waals surface area contributed by atoms with Crippen molar-refractivity contribution < 1.29 is 14.2 Å². The van der Waals surface area contributed by atoms with E-state index in [9.17, 15) is 0 Å². The Morgan fingerprint density at radius 3 is 2.00 bits per heavy atom. The molecule has 3 heteroatoms. The van der Waals surface area contributed by atoms with Gasteiger partial charge in [-0.1, -0.05) is 0 Å². The molecule has 0 N–H and O–H groups in total. The van der Waals surface area contributed by atoms with Gasteiger partial charge in [0.05, 0.1) is 0 Å². The van der Waals surface area contributed by atoms with Crippen LogP contribution in [-0.2, 0) is 14.2 Å². The minimum atomic E-state index is 0.00171. The molecule has 0 aromatic rings. The van der Waals surface area contributed by atoms with Gasteiger partial charge in [0.1, 0.15) is 0 Å². The van der Waals surface area contributed by atoms with Gasteiger partial charge in [-0.3, -0.25) is 0 Å². The van der Waals surface area contributed by atoms with Gasteiger partial charge in [-0.2, -0.15) is 0 Å². The Labute approximate surface area is 73.0 Å². The van der Waals surface area contributed by atoms with Crippen molar-refractivity contribution in [2.45, 2.75) is 44.7 Å². The van der Waals surface area contributed by atoms with Crippen molar-refractivity contribution in [2.24, 2.45) is 0 Å². The van der Waals surface area contributed by atoms with E-state index in [1.165, 1.54) is 12.8 Å². The van der Waals surface area contributed by atoms with Crippen molar-refractivity contribution in [1.82, 2.24) is 0 Å². The van der Waals surface area contributed by atoms with Crippen molar-refractivity contribution in [3.8, 4) is 0 Å². The standard InChI is InChI=1S/C9H16O3/c1-2-6-10-8(4-1)12-9-5-3-7-11-9/h8-9H,1-7H2. The fourth-order valence-corrected chi connectivity index (χ4v) is 1.64. The average molecular weight is 172 g/mol. The normalized spacial score (nSPS) is 37.0. The van der Waals surface area contributed by atoms with Crippen LogP contribution < -0.4 is 0 Å². The number of ether oxygens (including phenoxy) is 3. The van der Waals surface area contributed by atoms with Crippen LogP contribution in [0.25, 0.3) is 0 Å². The molecule has 0 saturated carbocycles. The molecule has 2 atom stereocenters. The second-order valence-corrected chi connectivity index (χ2v) is 3.37. The third kappa shape index (κ3) is 2.19. The molecule has 2 aliphatic heterocycles. The van der Waals surface area contributed by atoms with Crippen molar-refractivity contribution >= 4 is 0 Å². The lowest BCUT2D eigenvalue weighted by atomic mass is 10.2. The Hall–Kier alpha value is -0.120. The van der Waals surface area contributed by atoms with E-state index in [-0.39, 0.29) is 12.6 Å². The SMILES string of the molecule is C1CCC(OC2CCCO2)OC1. The lowest BCUT2D eigenvalue weighted by molar-refractivity contribution is -0.241. The fourth-order valence-electron chi connectivity index (χ4n) is 1.64. The van der Waals surface area contributed by atoms with Crippen molar-refractivity contribution in [1.29, 1.82) is 0 Å². The second-order valence-electron chi connectivity index (χ2n) is 3.37. The molecule has 2 rings (SSSR count). The minimum Gasteiger partial charge on any atom is -0.353 e. The zero-order chi connectivity index (χ0) is 8.23. The molecule has 2 heterocycles. The van der Waals surface area contributed by atoms with Crippen LogP contribution in [0.4, 0.5) is 0 Å². The molecular formula is C9H16O3. The predicted octanol–water partition coefficient (Wildman–Crippen LogP) is 1.67. The van der Waals surface area contributed by atoms with E-state index in [1.54, 1.807) is 0 Å². The first-order valence-corrected chi connectivity index (χ1v) is 4.84. The highest BCUT2D eigenvalue weighted by atomic mass is 16.8. The summed E-state index contributed by atoms with van der Waals surface area (Å²) in [6, 6.07) is 0. The van der Waals surface area contributed by atoms with Crippen LogP contribution in [0.1, 0.15) is 32.1 Å². The molecule has 0 amide bonds. The van der Waals surface area contributed by atoms with E-state index in [0.29, 0.717) is 0 Å². The van der Waals surface area contributed by atoms with Crippen molar-refractivity contribution in [3.05, 3.63) is 0 Å². The minimum absolute atomic E-state index is 0.00171. The Kier molecular flexibility index (Phi) is 2.98.